The first kappa shape index (κ1) is 26.3. The Hall–Kier alpha value is -3.73. The largest absolute Gasteiger partial charge is 0.497 e. The molecule has 0 unspecified atom stereocenters. The molecule has 0 amide bonds. The van der Waals surface area contributed by atoms with E-state index in [0.717, 1.165) is 0 Å². The number of aryl methyl sites for hydroxylation is 1. The van der Waals surface area contributed by atoms with Crippen molar-refractivity contribution in [1.29, 1.82) is 0 Å². The van der Waals surface area contributed by atoms with Gasteiger partial charge in [0.1, 0.15) is 5.75 Å². The van der Waals surface area contributed by atoms with Gasteiger partial charge in [-0.2, -0.15) is 0 Å². The Bertz CT molecular complexity index is 1590. The second-order valence-electron chi connectivity index (χ2n) is 8.52. The number of nitrogens with one attached hydrogen (secondary N) is 2. The Morgan fingerprint density at radius 3 is 2.38 bits per heavy atom. The van der Waals surface area contributed by atoms with E-state index in [4.69, 9.17) is 22.1 Å². The van der Waals surface area contributed by atoms with Gasteiger partial charge in [0.25, 0.3) is 10.0 Å². The minimum absolute atomic E-state index is 0.0165. The molecule has 0 radical (unpaired) electrons. The fourth-order valence-electron chi connectivity index (χ4n) is 3.60. The molecule has 1 heterocycles. The van der Waals surface area contributed by atoms with Gasteiger partial charge in [0.2, 0.25) is 0 Å². The van der Waals surface area contributed by atoms with Crippen LogP contribution in [0.4, 0.5) is 17.3 Å². The van der Waals surface area contributed by atoms with Gasteiger partial charge in [-0.1, -0.05) is 35.9 Å². The third-order valence-corrected chi connectivity index (χ3v) is 7.47. The van der Waals surface area contributed by atoms with E-state index in [2.05, 4.69) is 20.0 Å². The number of aromatic nitrogens is 2. The van der Waals surface area contributed by atoms with Gasteiger partial charge in [0.05, 0.1) is 39.8 Å². The van der Waals surface area contributed by atoms with E-state index in [-0.39, 0.29) is 28.7 Å². The Labute approximate surface area is 220 Å². The van der Waals surface area contributed by atoms with Gasteiger partial charge < -0.3 is 15.8 Å². The maximum absolute atomic E-state index is 13.5. The summed E-state index contributed by atoms with van der Waals surface area (Å²) >= 11 is 6.36. The molecule has 4 N–H and O–H groups in total. The van der Waals surface area contributed by atoms with Crippen LogP contribution in [0.25, 0.3) is 11.0 Å². The van der Waals surface area contributed by atoms with Crippen LogP contribution in [0.15, 0.2) is 65.6 Å². The molecule has 4 rings (SSSR count). The van der Waals surface area contributed by atoms with E-state index < -0.39 is 16.1 Å². The average molecular weight is 540 g/mol. The number of fused-ring (bicyclic) bond motifs is 1. The van der Waals surface area contributed by atoms with Gasteiger partial charge >= 0.3 is 0 Å². The summed E-state index contributed by atoms with van der Waals surface area (Å²) in [4.78, 5) is 21.2. The van der Waals surface area contributed by atoms with Crippen LogP contribution in [0.2, 0.25) is 5.02 Å². The number of methoxy groups -OCH3 is 1. The van der Waals surface area contributed by atoms with Crippen molar-refractivity contribution in [2.24, 2.45) is 5.73 Å². The molecular weight excluding hydrogens is 514 g/mol. The van der Waals surface area contributed by atoms with Crippen LogP contribution >= 0.6 is 11.6 Å². The van der Waals surface area contributed by atoms with E-state index in [1.165, 1.54) is 13.2 Å². The quantitative estimate of drug-likeness (QED) is 0.280. The first-order valence-corrected chi connectivity index (χ1v) is 13.2. The number of nitrogens with zero attached hydrogens (tertiary/aromatic N) is 2. The van der Waals surface area contributed by atoms with E-state index in [1.807, 2.05) is 6.07 Å². The number of Topliss-reactive ketones (excluding diaryl/α,β-unsaturated/α-hetero) is 1. The van der Waals surface area contributed by atoms with Crippen molar-refractivity contribution in [3.8, 4) is 5.75 Å². The lowest BCUT2D eigenvalue weighted by Gasteiger charge is -2.16. The molecule has 0 aliphatic heterocycles. The van der Waals surface area contributed by atoms with E-state index in [1.54, 1.807) is 62.4 Å². The van der Waals surface area contributed by atoms with Gasteiger partial charge in [-0.15, -0.1) is 0 Å². The molecule has 11 heteroatoms. The highest BCUT2D eigenvalue weighted by atomic mass is 35.5. The number of anilines is 3. The number of sulfonamides is 1. The molecule has 0 spiro atoms. The summed E-state index contributed by atoms with van der Waals surface area (Å²) in [5.74, 6) is 0.492. The topological polar surface area (TPSA) is 136 Å². The normalized spacial score (nSPS) is 12.2. The molecule has 1 atom stereocenters. The van der Waals surface area contributed by atoms with Gasteiger partial charge in [0, 0.05) is 12.5 Å². The second-order valence-corrected chi connectivity index (χ2v) is 10.6. The van der Waals surface area contributed by atoms with Crippen LogP contribution < -0.4 is 20.5 Å². The molecular formula is C26H26ClN5O4S. The molecule has 0 aliphatic carbocycles. The fourth-order valence-corrected chi connectivity index (χ4v) is 5.07. The maximum Gasteiger partial charge on any atom is 0.263 e. The molecule has 0 saturated carbocycles. The van der Waals surface area contributed by atoms with Crippen LogP contribution in [-0.4, -0.2) is 37.3 Å². The van der Waals surface area contributed by atoms with Crippen LogP contribution in [-0.2, 0) is 21.2 Å². The summed E-state index contributed by atoms with van der Waals surface area (Å²) in [5.41, 5.74) is 8.23. The lowest BCUT2D eigenvalue weighted by atomic mass is 10.0. The lowest BCUT2D eigenvalue weighted by Crippen LogP contribution is -2.28. The van der Waals surface area contributed by atoms with Crippen molar-refractivity contribution >= 4 is 55.8 Å². The number of hydrogen-bond donors (Lipinski definition) is 3. The smallest absolute Gasteiger partial charge is 0.263 e. The maximum atomic E-state index is 13.5. The molecule has 4 aromatic rings. The first-order valence-electron chi connectivity index (χ1n) is 11.4. The van der Waals surface area contributed by atoms with Crippen LogP contribution in [0.5, 0.6) is 5.75 Å². The molecule has 192 valence electrons. The zero-order valence-corrected chi connectivity index (χ0v) is 22.0. The van der Waals surface area contributed by atoms with Gasteiger partial charge in [-0.3, -0.25) is 9.52 Å². The van der Waals surface area contributed by atoms with Gasteiger partial charge in [-0.05, 0) is 55.3 Å². The molecule has 0 aliphatic rings. The Morgan fingerprint density at radius 2 is 1.73 bits per heavy atom. The van der Waals surface area contributed by atoms with Gasteiger partial charge in [0.15, 0.2) is 17.4 Å². The van der Waals surface area contributed by atoms with E-state index in [9.17, 15) is 13.2 Å². The number of rotatable bonds is 9. The van der Waals surface area contributed by atoms with Gasteiger partial charge in [-0.25, -0.2) is 18.4 Å². The third kappa shape index (κ3) is 5.99. The van der Waals surface area contributed by atoms with Crippen LogP contribution in [0, 0.1) is 6.92 Å². The van der Waals surface area contributed by atoms with Crippen molar-refractivity contribution in [1.82, 2.24) is 9.97 Å². The summed E-state index contributed by atoms with van der Waals surface area (Å²) in [6, 6.07) is 16.3. The highest BCUT2D eigenvalue weighted by molar-refractivity contribution is 7.92. The minimum atomic E-state index is -4.12. The van der Waals surface area contributed by atoms with Crippen molar-refractivity contribution in [3.63, 3.8) is 0 Å². The number of para-hydroxylation sites is 2. The number of carbonyl (C=O) groups excluding carboxylic acids is 1. The second kappa shape index (κ2) is 10.7. The number of ether oxygens (including phenoxy) is 1. The first-order chi connectivity index (χ1) is 17.6. The SMILES string of the molecule is COc1ccc(Cl)c(Nc2nc3ccccc3nc2NS(=O)(=O)c2cc(CC(=O)[C@@H](C)N)ccc2C)c1. The Kier molecular flexibility index (Phi) is 7.63. The monoisotopic (exact) mass is 539 g/mol. The summed E-state index contributed by atoms with van der Waals surface area (Å²) in [6.07, 6.45) is 0.0252. The van der Waals surface area contributed by atoms with E-state index >= 15 is 0 Å². The standard InChI is InChI=1S/C26H26ClN5O4S/c1-15-8-9-17(12-23(33)16(2)28)13-24(15)37(34,35)32-26-25(29-20-6-4-5-7-21(20)30-26)31-22-14-18(36-3)10-11-19(22)27/h4-11,13-14,16H,12,28H2,1-3H3,(H,29,31)(H,30,32)/t16-/m1/s1. The summed E-state index contributed by atoms with van der Waals surface area (Å²) in [7, 11) is -2.59. The fraction of sp³-hybridized carbons (Fsp3) is 0.192. The number of halogens is 1. The Morgan fingerprint density at radius 1 is 1.05 bits per heavy atom. The Balaban J connectivity index is 1.76. The number of benzene rings is 3. The summed E-state index contributed by atoms with van der Waals surface area (Å²) in [5, 5.41) is 3.46. The molecule has 9 nitrogen and oxygen atoms in total. The molecule has 37 heavy (non-hydrogen) atoms. The van der Waals surface area contributed by atoms with Crippen molar-refractivity contribution in [2.45, 2.75) is 31.2 Å². The highest BCUT2D eigenvalue weighted by Gasteiger charge is 2.22. The van der Waals surface area contributed by atoms with Crippen molar-refractivity contribution in [3.05, 3.63) is 76.8 Å². The average Bonchev–Trinajstić information content (AvgIpc) is 2.86. The minimum Gasteiger partial charge on any atom is -0.497 e. The number of nitrogens with two attached hydrogens (primary N) is 1. The molecule has 0 bridgehead atoms. The number of carbonyl (C=O) groups is 1. The van der Waals surface area contributed by atoms with Crippen molar-refractivity contribution in [2.75, 3.05) is 17.1 Å². The van der Waals surface area contributed by atoms with Crippen molar-refractivity contribution < 1.29 is 17.9 Å². The zero-order chi connectivity index (χ0) is 26.7. The van der Waals surface area contributed by atoms with Crippen LogP contribution in [0.1, 0.15) is 18.1 Å². The summed E-state index contributed by atoms with van der Waals surface area (Å²) < 4.78 is 34.9. The lowest BCUT2D eigenvalue weighted by molar-refractivity contribution is -0.119. The number of hydrogen-bond acceptors (Lipinski definition) is 8. The third-order valence-electron chi connectivity index (χ3n) is 5.66. The molecule has 0 fully saturated rings. The molecule has 0 saturated heterocycles. The molecule has 1 aromatic heterocycles. The summed E-state index contributed by atoms with van der Waals surface area (Å²) in [6.45, 7) is 3.27. The number of ketones is 1. The predicted molar refractivity (Wildman–Crippen MR) is 145 cm³/mol. The zero-order valence-electron chi connectivity index (χ0n) is 20.4. The highest BCUT2D eigenvalue weighted by Crippen LogP contribution is 2.33. The van der Waals surface area contributed by atoms with Crippen LogP contribution in [0.3, 0.4) is 0 Å². The predicted octanol–water partition coefficient (Wildman–Crippen LogP) is 4.60. The molecule has 3 aromatic carbocycles. The van der Waals surface area contributed by atoms with E-state index in [0.29, 0.717) is 38.6 Å².